The van der Waals surface area contributed by atoms with Crippen LogP contribution in [-0.4, -0.2) is 0 Å². The fourth-order valence-corrected chi connectivity index (χ4v) is 1.29. The van der Waals surface area contributed by atoms with Crippen LogP contribution in [0.2, 0.25) is 0 Å². The van der Waals surface area contributed by atoms with Gasteiger partial charge in [0.2, 0.25) is 0 Å². The second-order valence-corrected chi connectivity index (χ2v) is 3.17. The van der Waals surface area contributed by atoms with Crippen molar-refractivity contribution in [1.82, 2.24) is 0 Å². The Labute approximate surface area is 73.4 Å². The molecule has 0 aliphatic carbocycles. The minimum atomic E-state index is -0.783. The molecule has 1 heteroatoms. The molecule has 1 aromatic carbocycles. The summed E-state index contributed by atoms with van der Waals surface area (Å²) in [6, 6.07) is 7.67. The Morgan fingerprint density at radius 2 is 2.17 bits per heavy atom. The smallest absolute Gasteiger partial charge is 0.125 e. The van der Waals surface area contributed by atoms with Gasteiger partial charge in [-0.05, 0) is 18.9 Å². The summed E-state index contributed by atoms with van der Waals surface area (Å²) in [7, 11) is 0. The monoisotopic (exact) mass is 166 g/mol. The molecule has 0 nitrogen and oxygen atoms in total. The molecule has 0 spiro atoms. The van der Waals surface area contributed by atoms with E-state index in [1.165, 1.54) is 0 Å². The number of rotatable bonds is 3. The molecule has 12 heavy (non-hydrogen) atoms. The topological polar surface area (TPSA) is 0 Å². The van der Waals surface area contributed by atoms with Gasteiger partial charge in [0.25, 0.3) is 0 Å². The van der Waals surface area contributed by atoms with E-state index < -0.39 is 6.17 Å². The molecule has 0 fully saturated rings. The molecule has 0 N–H and O–H groups in total. The van der Waals surface area contributed by atoms with Gasteiger partial charge in [-0.1, -0.05) is 43.2 Å². The van der Waals surface area contributed by atoms with Crippen LogP contribution < -0.4 is 0 Å². The first-order chi connectivity index (χ1) is 5.74. The van der Waals surface area contributed by atoms with E-state index in [4.69, 9.17) is 0 Å². The molecule has 0 radical (unpaired) electrons. The quantitative estimate of drug-likeness (QED) is 0.640. The Kier molecular flexibility index (Phi) is 3.27. The molecule has 0 saturated heterocycles. The minimum absolute atomic E-state index is 0.628. The summed E-state index contributed by atoms with van der Waals surface area (Å²) in [6.45, 7) is 3.99. The van der Waals surface area contributed by atoms with Gasteiger partial charge in [0, 0.05) is 0 Å². The molecule has 0 aliphatic rings. The van der Waals surface area contributed by atoms with E-state index in [9.17, 15) is 4.39 Å². The Morgan fingerprint density at radius 3 is 2.75 bits per heavy atom. The highest BCUT2D eigenvalue weighted by Gasteiger charge is 2.07. The lowest BCUT2D eigenvalue weighted by Crippen LogP contribution is -1.90. The minimum Gasteiger partial charge on any atom is -0.242 e. The van der Waals surface area contributed by atoms with Crippen LogP contribution in [0.15, 0.2) is 24.3 Å². The van der Waals surface area contributed by atoms with E-state index >= 15 is 0 Å². The van der Waals surface area contributed by atoms with Crippen LogP contribution in [0.25, 0.3) is 0 Å². The van der Waals surface area contributed by atoms with Crippen molar-refractivity contribution in [3.63, 3.8) is 0 Å². The zero-order chi connectivity index (χ0) is 8.97. The lowest BCUT2D eigenvalue weighted by atomic mass is 10.0. The Hall–Kier alpha value is -0.850. The van der Waals surface area contributed by atoms with Crippen LogP contribution in [0.3, 0.4) is 0 Å². The van der Waals surface area contributed by atoms with Gasteiger partial charge in [-0.15, -0.1) is 0 Å². The second kappa shape index (κ2) is 4.24. The maximum Gasteiger partial charge on any atom is 0.125 e. The number of halogens is 1. The van der Waals surface area contributed by atoms with Gasteiger partial charge >= 0.3 is 0 Å². The molecule has 1 aromatic rings. The van der Waals surface area contributed by atoms with Crippen LogP contribution in [0.5, 0.6) is 0 Å². The first-order valence-corrected chi connectivity index (χ1v) is 4.44. The molecule has 1 unspecified atom stereocenters. The van der Waals surface area contributed by atoms with Gasteiger partial charge < -0.3 is 0 Å². The third-order valence-electron chi connectivity index (χ3n) is 1.95. The number of aryl methyl sites for hydroxylation is 1. The van der Waals surface area contributed by atoms with Crippen molar-refractivity contribution >= 4 is 0 Å². The normalized spacial score (nSPS) is 12.9. The van der Waals surface area contributed by atoms with Crippen molar-refractivity contribution in [2.24, 2.45) is 0 Å². The molecule has 0 heterocycles. The fourth-order valence-electron chi connectivity index (χ4n) is 1.29. The summed E-state index contributed by atoms with van der Waals surface area (Å²) in [5, 5.41) is 0. The van der Waals surface area contributed by atoms with E-state index in [-0.39, 0.29) is 0 Å². The summed E-state index contributed by atoms with van der Waals surface area (Å²) in [6.07, 6.45) is 0.744. The highest BCUT2D eigenvalue weighted by Crippen LogP contribution is 2.22. The van der Waals surface area contributed by atoms with Gasteiger partial charge in [-0.3, -0.25) is 0 Å². The van der Waals surface area contributed by atoms with Crippen molar-refractivity contribution in [1.29, 1.82) is 0 Å². The van der Waals surface area contributed by atoms with E-state index in [1.54, 1.807) is 0 Å². The van der Waals surface area contributed by atoms with Gasteiger partial charge in [0.15, 0.2) is 0 Å². The number of benzene rings is 1. The van der Waals surface area contributed by atoms with E-state index in [1.807, 2.05) is 38.1 Å². The molecular formula is C11H15F. The van der Waals surface area contributed by atoms with Gasteiger partial charge in [0.05, 0.1) is 0 Å². The van der Waals surface area contributed by atoms with Gasteiger partial charge in [-0.25, -0.2) is 4.39 Å². The van der Waals surface area contributed by atoms with Crippen LogP contribution in [0.4, 0.5) is 4.39 Å². The zero-order valence-electron chi connectivity index (χ0n) is 7.68. The van der Waals surface area contributed by atoms with E-state index in [0.29, 0.717) is 6.42 Å². The molecule has 0 bridgehead atoms. The SMILES string of the molecule is CCCC(F)c1cccc(C)c1. The zero-order valence-corrected chi connectivity index (χ0v) is 7.68. The molecule has 1 atom stereocenters. The molecule has 0 saturated carbocycles. The molecule has 0 amide bonds. The molecular weight excluding hydrogens is 151 g/mol. The van der Waals surface area contributed by atoms with Crippen molar-refractivity contribution < 1.29 is 4.39 Å². The van der Waals surface area contributed by atoms with Gasteiger partial charge in [-0.2, -0.15) is 0 Å². The van der Waals surface area contributed by atoms with Crippen LogP contribution in [0.1, 0.15) is 37.1 Å². The number of hydrogen-bond donors (Lipinski definition) is 0. The highest BCUT2D eigenvalue weighted by molar-refractivity contribution is 5.23. The standard InChI is InChI=1S/C11H15F/c1-3-5-11(12)10-7-4-6-9(2)8-10/h4,6-8,11H,3,5H2,1-2H3. The van der Waals surface area contributed by atoms with Crippen molar-refractivity contribution in [3.8, 4) is 0 Å². The summed E-state index contributed by atoms with van der Waals surface area (Å²) < 4.78 is 13.3. The van der Waals surface area contributed by atoms with E-state index in [2.05, 4.69) is 0 Å². The molecule has 0 aliphatic heterocycles. The average molecular weight is 166 g/mol. The Morgan fingerprint density at radius 1 is 1.42 bits per heavy atom. The molecule has 0 aromatic heterocycles. The maximum atomic E-state index is 13.3. The first kappa shape index (κ1) is 9.24. The average Bonchev–Trinajstić information content (AvgIpc) is 2.05. The highest BCUT2D eigenvalue weighted by atomic mass is 19.1. The summed E-state index contributed by atoms with van der Waals surface area (Å²) in [5.41, 5.74) is 1.95. The number of alkyl halides is 1. The first-order valence-electron chi connectivity index (χ1n) is 4.44. The summed E-state index contributed by atoms with van der Waals surface area (Å²) in [4.78, 5) is 0. The Bertz CT molecular complexity index is 243. The summed E-state index contributed by atoms with van der Waals surface area (Å²) in [5.74, 6) is 0. The van der Waals surface area contributed by atoms with Crippen molar-refractivity contribution in [2.45, 2.75) is 32.9 Å². The predicted molar refractivity (Wildman–Crippen MR) is 49.9 cm³/mol. The van der Waals surface area contributed by atoms with E-state index in [0.717, 1.165) is 17.5 Å². The van der Waals surface area contributed by atoms with Crippen LogP contribution >= 0.6 is 0 Å². The maximum absolute atomic E-state index is 13.3. The molecule has 66 valence electrons. The van der Waals surface area contributed by atoms with Crippen molar-refractivity contribution in [2.75, 3.05) is 0 Å². The fraction of sp³-hybridized carbons (Fsp3) is 0.455. The van der Waals surface area contributed by atoms with Crippen LogP contribution in [-0.2, 0) is 0 Å². The largest absolute Gasteiger partial charge is 0.242 e. The van der Waals surface area contributed by atoms with Crippen molar-refractivity contribution in [3.05, 3.63) is 35.4 Å². The molecule has 1 rings (SSSR count). The third kappa shape index (κ3) is 2.33. The second-order valence-electron chi connectivity index (χ2n) is 3.17. The van der Waals surface area contributed by atoms with Crippen LogP contribution in [0, 0.1) is 6.92 Å². The van der Waals surface area contributed by atoms with Gasteiger partial charge in [0.1, 0.15) is 6.17 Å². The summed E-state index contributed by atoms with van der Waals surface area (Å²) >= 11 is 0. The number of hydrogen-bond acceptors (Lipinski definition) is 0. The predicted octanol–water partition coefficient (Wildman–Crippen LogP) is 3.81. The lowest BCUT2D eigenvalue weighted by molar-refractivity contribution is 0.321. The Balaban J connectivity index is 2.73. The lowest BCUT2D eigenvalue weighted by Gasteiger charge is -2.06. The third-order valence-corrected chi connectivity index (χ3v) is 1.95.